The van der Waals surface area contributed by atoms with Crippen molar-refractivity contribution >= 4 is 0 Å². The number of hydrogen-bond donors (Lipinski definition) is 0. The molecule has 0 radical (unpaired) electrons. The average Bonchev–Trinajstić information content (AvgIpc) is 2.44. The summed E-state index contributed by atoms with van der Waals surface area (Å²) in [6, 6.07) is 1.98. The van der Waals surface area contributed by atoms with Crippen LogP contribution in [0.4, 0.5) is 0 Å². The Balaban J connectivity index is 1.98. The minimum atomic E-state index is 0.408. The first-order chi connectivity index (χ1) is 9.29. The Bertz CT molecular complexity index is 461. The number of nitrogens with zero attached hydrogens (tertiary/aromatic N) is 2. The largest absolute Gasteiger partial charge is 0.464 e. The van der Waals surface area contributed by atoms with Crippen LogP contribution >= 0.6 is 0 Å². The molecule has 1 aromatic rings. The van der Waals surface area contributed by atoms with E-state index in [-0.39, 0.29) is 0 Å². The second-order valence-corrected chi connectivity index (χ2v) is 5.25. The van der Waals surface area contributed by atoms with Crippen molar-refractivity contribution < 1.29 is 4.74 Å². The van der Waals surface area contributed by atoms with E-state index in [1.54, 1.807) is 6.33 Å². The van der Waals surface area contributed by atoms with Gasteiger partial charge in [-0.15, -0.1) is 5.92 Å². The molecule has 0 N–H and O–H groups in total. The molecule has 0 amide bonds. The third-order valence-corrected chi connectivity index (χ3v) is 3.61. The predicted octanol–water partition coefficient (Wildman–Crippen LogP) is 3.56. The van der Waals surface area contributed by atoms with E-state index in [2.05, 4.69) is 28.7 Å². The fraction of sp³-hybridized carbons (Fsp3) is 0.625. The van der Waals surface area contributed by atoms with Crippen molar-refractivity contribution in [1.29, 1.82) is 0 Å². The molecule has 3 heteroatoms. The van der Waals surface area contributed by atoms with Crippen molar-refractivity contribution in [2.24, 2.45) is 5.92 Å². The summed E-state index contributed by atoms with van der Waals surface area (Å²) < 4.78 is 5.54. The highest BCUT2D eigenvalue weighted by atomic mass is 16.5. The molecule has 1 heterocycles. The van der Waals surface area contributed by atoms with Crippen LogP contribution in [0.2, 0.25) is 0 Å². The first-order valence-corrected chi connectivity index (χ1v) is 7.20. The molecule has 2 atom stereocenters. The lowest BCUT2D eigenvalue weighted by Gasteiger charge is -2.26. The van der Waals surface area contributed by atoms with Gasteiger partial charge in [-0.05, 0) is 18.8 Å². The summed E-state index contributed by atoms with van der Waals surface area (Å²) in [6.07, 6.45) is 7.57. The molecule has 0 aromatic carbocycles. The quantitative estimate of drug-likeness (QED) is 0.777. The summed E-state index contributed by atoms with van der Waals surface area (Å²) in [4.78, 5) is 8.56. The molecule has 0 bridgehead atoms. The highest BCUT2D eigenvalue weighted by Gasteiger charge is 2.21. The van der Waals surface area contributed by atoms with E-state index < -0.39 is 0 Å². The van der Waals surface area contributed by atoms with Gasteiger partial charge in [0.05, 0.1) is 5.69 Å². The molecule has 1 fully saturated rings. The van der Waals surface area contributed by atoms with E-state index in [0.29, 0.717) is 18.4 Å². The van der Waals surface area contributed by atoms with Gasteiger partial charge in [0, 0.05) is 18.4 Å². The van der Waals surface area contributed by atoms with E-state index in [4.69, 9.17) is 4.74 Å². The van der Waals surface area contributed by atoms with Crippen molar-refractivity contribution in [3.63, 3.8) is 0 Å². The van der Waals surface area contributed by atoms with Crippen LogP contribution in [0.5, 0.6) is 5.88 Å². The summed E-state index contributed by atoms with van der Waals surface area (Å²) in [5.41, 5.74) is 1.13. The first kappa shape index (κ1) is 13.9. The van der Waals surface area contributed by atoms with Crippen LogP contribution in [-0.2, 0) is 0 Å². The van der Waals surface area contributed by atoms with Gasteiger partial charge in [0.25, 0.3) is 0 Å². The normalized spacial score (nSPS) is 22.4. The third kappa shape index (κ3) is 4.24. The molecule has 1 saturated carbocycles. The molecule has 1 aromatic heterocycles. The summed E-state index contributed by atoms with van der Waals surface area (Å²) in [5.74, 6) is 7.95. The number of rotatable bonds is 3. The molecule has 2 rings (SSSR count). The van der Waals surface area contributed by atoms with Crippen molar-refractivity contribution in [2.45, 2.75) is 51.9 Å². The van der Waals surface area contributed by atoms with Crippen LogP contribution < -0.4 is 4.74 Å². The summed E-state index contributed by atoms with van der Waals surface area (Å²) >= 11 is 0. The molecule has 19 heavy (non-hydrogen) atoms. The van der Waals surface area contributed by atoms with Crippen molar-refractivity contribution in [3.8, 4) is 17.7 Å². The zero-order chi connectivity index (χ0) is 13.5. The zero-order valence-electron chi connectivity index (χ0n) is 11.9. The second-order valence-electron chi connectivity index (χ2n) is 5.25. The van der Waals surface area contributed by atoms with Gasteiger partial charge >= 0.3 is 0 Å². The van der Waals surface area contributed by atoms with E-state index in [1.165, 1.54) is 25.7 Å². The number of ether oxygens (including phenoxy) is 1. The van der Waals surface area contributed by atoms with Gasteiger partial charge in [0.2, 0.25) is 5.88 Å². The average molecular weight is 258 g/mol. The van der Waals surface area contributed by atoms with Gasteiger partial charge in [-0.25, -0.2) is 9.97 Å². The molecular formula is C16H22N2O. The van der Waals surface area contributed by atoms with Gasteiger partial charge in [0.15, 0.2) is 6.61 Å². The van der Waals surface area contributed by atoms with E-state index >= 15 is 0 Å². The molecule has 2 unspecified atom stereocenters. The minimum absolute atomic E-state index is 0.408. The SMILES string of the molecule is CCC#CCOc1cc(C2CCCC(C)C2)ncn1. The summed E-state index contributed by atoms with van der Waals surface area (Å²) in [6.45, 7) is 4.76. The Morgan fingerprint density at radius 3 is 3.00 bits per heavy atom. The van der Waals surface area contributed by atoms with Gasteiger partial charge in [0.1, 0.15) is 6.33 Å². The molecule has 3 nitrogen and oxygen atoms in total. The minimum Gasteiger partial charge on any atom is -0.464 e. The van der Waals surface area contributed by atoms with Crippen LogP contribution in [0.15, 0.2) is 12.4 Å². The van der Waals surface area contributed by atoms with Crippen LogP contribution in [-0.4, -0.2) is 16.6 Å². The number of hydrogen-bond acceptors (Lipinski definition) is 3. The predicted molar refractivity (Wildman–Crippen MR) is 76.0 cm³/mol. The van der Waals surface area contributed by atoms with Gasteiger partial charge in [-0.1, -0.05) is 32.6 Å². The van der Waals surface area contributed by atoms with Gasteiger partial charge in [-0.2, -0.15) is 0 Å². The number of aromatic nitrogens is 2. The molecule has 1 aliphatic rings. The Hall–Kier alpha value is -1.56. The highest BCUT2D eigenvalue weighted by molar-refractivity contribution is 5.18. The van der Waals surface area contributed by atoms with Crippen molar-refractivity contribution in [2.75, 3.05) is 6.61 Å². The van der Waals surface area contributed by atoms with Gasteiger partial charge in [-0.3, -0.25) is 0 Å². The highest BCUT2D eigenvalue weighted by Crippen LogP contribution is 2.35. The molecule has 0 saturated heterocycles. The molecule has 0 aliphatic heterocycles. The maximum atomic E-state index is 5.54. The fourth-order valence-electron chi connectivity index (χ4n) is 2.64. The Labute approximate surface area is 115 Å². The standard InChI is InChI=1S/C16H22N2O/c1-3-4-5-9-19-16-11-15(17-12-18-16)14-8-6-7-13(2)10-14/h11-14H,3,6-10H2,1-2H3. The maximum Gasteiger partial charge on any atom is 0.217 e. The van der Waals surface area contributed by atoms with E-state index in [1.807, 2.05) is 13.0 Å². The van der Waals surface area contributed by atoms with Crippen LogP contribution in [0.1, 0.15) is 57.6 Å². The zero-order valence-corrected chi connectivity index (χ0v) is 11.9. The lowest BCUT2D eigenvalue weighted by atomic mass is 9.81. The molecular weight excluding hydrogens is 236 g/mol. The lowest BCUT2D eigenvalue weighted by Crippen LogP contribution is -2.13. The van der Waals surface area contributed by atoms with Crippen LogP contribution in [0.3, 0.4) is 0 Å². The van der Waals surface area contributed by atoms with E-state index in [9.17, 15) is 0 Å². The van der Waals surface area contributed by atoms with Crippen LogP contribution in [0, 0.1) is 17.8 Å². The Kier molecular flexibility index (Phi) is 5.20. The van der Waals surface area contributed by atoms with Crippen molar-refractivity contribution in [3.05, 3.63) is 18.1 Å². The first-order valence-electron chi connectivity index (χ1n) is 7.20. The topological polar surface area (TPSA) is 35.0 Å². The van der Waals surface area contributed by atoms with E-state index in [0.717, 1.165) is 18.0 Å². The summed E-state index contributed by atoms with van der Waals surface area (Å²) in [5, 5.41) is 0. The summed E-state index contributed by atoms with van der Waals surface area (Å²) in [7, 11) is 0. The van der Waals surface area contributed by atoms with Gasteiger partial charge < -0.3 is 4.74 Å². The molecule has 102 valence electrons. The fourth-order valence-corrected chi connectivity index (χ4v) is 2.64. The molecule has 0 spiro atoms. The second kappa shape index (κ2) is 7.13. The molecule has 1 aliphatic carbocycles. The Morgan fingerprint density at radius 1 is 1.32 bits per heavy atom. The lowest BCUT2D eigenvalue weighted by molar-refractivity contribution is 0.332. The third-order valence-electron chi connectivity index (χ3n) is 3.61. The maximum absolute atomic E-state index is 5.54. The monoisotopic (exact) mass is 258 g/mol. The smallest absolute Gasteiger partial charge is 0.217 e. The van der Waals surface area contributed by atoms with Crippen molar-refractivity contribution in [1.82, 2.24) is 9.97 Å². The Morgan fingerprint density at radius 2 is 2.21 bits per heavy atom. The van der Waals surface area contributed by atoms with Crippen LogP contribution in [0.25, 0.3) is 0 Å².